The van der Waals surface area contributed by atoms with Crippen LogP contribution in [0, 0.1) is 11.3 Å². The summed E-state index contributed by atoms with van der Waals surface area (Å²) in [7, 11) is 2.14. The Morgan fingerprint density at radius 2 is 2.11 bits per heavy atom. The lowest BCUT2D eigenvalue weighted by Crippen LogP contribution is -2.43. The molecule has 3 heteroatoms. The molecule has 0 atom stereocenters. The highest BCUT2D eigenvalue weighted by Gasteiger charge is 2.21. The van der Waals surface area contributed by atoms with E-state index < -0.39 is 0 Å². The lowest BCUT2D eigenvalue weighted by molar-refractivity contribution is 0.221. The third-order valence-corrected chi connectivity index (χ3v) is 3.93. The van der Waals surface area contributed by atoms with E-state index in [1.807, 2.05) is 18.2 Å². The van der Waals surface area contributed by atoms with Crippen LogP contribution >= 0.6 is 0 Å². The van der Waals surface area contributed by atoms with E-state index in [2.05, 4.69) is 35.9 Å². The highest BCUT2D eigenvalue weighted by molar-refractivity contribution is 5.51. The van der Waals surface area contributed by atoms with Crippen molar-refractivity contribution in [2.24, 2.45) is 0 Å². The van der Waals surface area contributed by atoms with E-state index in [1.54, 1.807) is 0 Å². The fourth-order valence-corrected chi connectivity index (χ4v) is 2.63. The first kappa shape index (κ1) is 12.9. The van der Waals surface area contributed by atoms with Crippen molar-refractivity contribution in [2.45, 2.75) is 25.8 Å². The maximum absolute atomic E-state index is 8.95. The molecule has 1 saturated heterocycles. The quantitative estimate of drug-likeness (QED) is 0.817. The molecule has 2 rings (SSSR count). The zero-order valence-electron chi connectivity index (χ0n) is 11.3. The van der Waals surface area contributed by atoms with Crippen LogP contribution in [0.3, 0.4) is 0 Å². The molecule has 0 unspecified atom stereocenters. The Labute approximate surface area is 110 Å². The van der Waals surface area contributed by atoms with Crippen molar-refractivity contribution >= 4 is 5.69 Å². The Bertz CT molecular complexity index is 428. The van der Waals surface area contributed by atoms with Crippen LogP contribution in [0.4, 0.5) is 5.69 Å². The third-order valence-electron chi connectivity index (χ3n) is 3.93. The Morgan fingerprint density at radius 1 is 1.39 bits per heavy atom. The van der Waals surface area contributed by atoms with E-state index in [-0.39, 0.29) is 0 Å². The first-order chi connectivity index (χ1) is 8.74. The van der Waals surface area contributed by atoms with Crippen LogP contribution in [0.25, 0.3) is 0 Å². The van der Waals surface area contributed by atoms with Gasteiger partial charge in [0.1, 0.15) is 0 Å². The van der Waals surface area contributed by atoms with Crippen molar-refractivity contribution in [2.75, 3.05) is 31.6 Å². The second-order valence-corrected chi connectivity index (χ2v) is 4.94. The minimum atomic E-state index is 0.599. The van der Waals surface area contributed by atoms with Gasteiger partial charge in [0.05, 0.1) is 11.6 Å². The number of rotatable bonds is 3. The summed E-state index contributed by atoms with van der Waals surface area (Å²) in [5, 5.41) is 8.95. The third kappa shape index (κ3) is 2.83. The fourth-order valence-electron chi connectivity index (χ4n) is 2.63. The molecule has 1 aromatic rings. The zero-order valence-corrected chi connectivity index (χ0v) is 11.3. The molecular formula is C15H21N3. The molecule has 0 N–H and O–H groups in total. The van der Waals surface area contributed by atoms with E-state index in [4.69, 9.17) is 5.26 Å². The van der Waals surface area contributed by atoms with Crippen LogP contribution in [-0.4, -0.2) is 37.6 Å². The number of hydrogen-bond donors (Lipinski definition) is 0. The summed E-state index contributed by atoms with van der Waals surface area (Å²) in [5.74, 6) is 0. The van der Waals surface area contributed by atoms with E-state index >= 15 is 0 Å². The highest BCUT2D eigenvalue weighted by Crippen LogP contribution is 2.22. The molecule has 18 heavy (non-hydrogen) atoms. The maximum Gasteiger partial charge on any atom is 0.0992 e. The summed E-state index contributed by atoms with van der Waals surface area (Å²) in [5.41, 5.74) is 1.90. The van der Waals surface area contributed by atoms with Crippen molar-refractivity contribution in [1.82, 2.24) is 4.90 Å². The van der Waals surface area contributed by atoms with Crippen molar-refractivity contribution in [3.8, 4) is 6.07 Å². The summed E-state index contributed by atoms with van der Waals surface area (Å²) in [4.78, 5) is 4.82. The predicted molar refractivity (Wildman–Crippen MR) is 74.7 cm³/mol. The van der Waals surface area contributed by atoms with Gasteiger partial charge < -0.3 is 9.80 Å². The minimum Gasteiger partial charge on any atom is -0.371 e. The topological polar surface area (TPSA) is 30.3 Å². The molecule has 0 saturated carbocycles. The lowest BCUT2D eigenvalue weighted by atomic mass is 10.0. The molecular weight excluding hydrogens is 222 g/mol. The first-order valence-corrected chi connectivity index (χ1v) is 6.70. The summed E-state index contributed by atoms with van der Waals surface area (Å²) < 4.78 is 0. The van der Waals surface area contributed by atoms with Crippen molar-refractivity contribution in [1.29, 1.82) is 5.26 Å². The number of nitrogens with zero attached hydrogens (tertiary/aromatic N) is 3. The van der Waals surface area contributed by atoms with Gasteiger partial charge in [0.2, 0.25) is 0 Å². The van der Waals surface area contributed by atoms with Crippen LogP contribution < -0.4 is 4.90 Å². The average molecular weight is 243 g/mol. The summed E-state index contributed by atoms with van der Waals surface area (Å²) in [6.45, 7) is 5.74. The number of anilines is 1. The van der Waals surface area contributed by atoms with Gasteiger partial charge in [-0.05, 0) is 37.6 Å². The number of piperidine rings is 1. The number of likely N-dealkylation sites (tertiary alicyclic amines) is 1. The lowest BCUT2D eigenvalue weighted by Gasteiger charge is -2.37. The first-order valence-electron chi connectivity index (χ1n) is 6.70. The Morgan fingerprint density at radius 3 is 2.72 bits per heavy atom. The minimum absolute atomic E-state index is 0.599. The molecule has 0 spiro atoms. The normalized spacial score (nSPS) is 17.4. The standard InChI is InChI=1S/C15H21N3/c1-3-18-9-7-14(8-10-18)17(2)15-6-4-5-13(11-15)12-16/h4-6,11,14H,3,7-10H2,1-2H3. The number of hydrogen-bond acceptors (Lipinski definition) is 3. The molecule has 1 fully saturated rings. The Balaban J connectivity index is 2.03. The average Bonchev–Trinajstić information content (AvgIpc) is 2.46. The molecule has 96 valence electrons. The van der Waals surface area contributed by atoms with Crippen LogP contribution in [0.2, 0.25) is 0 Å². The van der Waals surface area contributed by atoms with Crippen LogP contribution in [0.15, 0.2) is 24.3 Å². The number of benzene rings is 1. The molecule has 0 bridgehead atoms. The van der Waals surface area contributed by atoms with Crippen LogP contribution in [0.5, 0.6) is 0 Å². The van der Waals surface area contributed by atoms with E-state index in [1.165, 1.54) is 25.9 Å². The summed E-state index contributed by atoms with van der Waals surface area (Å²) >= 11 is 0. The van der Waals surface area contributed by atoms with Crippen molar-refractivity contribution < 1.29 is 0 Å². The Hall–Kier alpha value is -1.53. The van der Waals surface area contributed by atoms with E-state index in [0.29, 0.717) is 6.04 Å². The van der Waals surface area contributed by atoms with Gasteiger partial charge in [-0.3, -0.25) is 0 Å². The molecule has 1 aliphatic rings. The van der Waals surface area contributed by atoms with Gasteiger partial charge in [0.25, 0.3) is 0 Å². The van der Waals surface area contributed by atoms with Crippen molar-refractivity contribution in [3.05, 3.63) is 29.8 Å². The molecule has 1 aromatic carbocycles. The van der Waals surface area contributed by atoms with Gasteiger partial charge in [-0.1, -0.05) is 13.0 Å². The number of nitriles is 1. The summed E-state index contributed by atoms with van der Waals surface area (Å²) in [6, 6.07) is 10.7. The summed E-state index contributed by atoms with van der Waals surface area (Å²) in [6.07, 6.45) is 2.42. The molecule has 1 aliphatic heterocycles. The molecule has 0 amide bonds. The van der Waals surface area contributed by atoms with E-state index in [9.17, 15) is 0 Å². The van der Waals surface area contributed by atoms with Gasteiger partial charge in [-0.2, -0.15) is 5.26 Å². The van der Waals surface area contributed by atoms with Gasteiger partial charge in [0.15, 0.2) is 0 Å². The molecule has 0 radical (unpaired) electrons. The van der Waals surface area contributed by atoms with Gasteiger partial charge >= 0.3 is 0 Å². The van der Waals surface area contributed by atoms with Crippen molar-refractivity contribution in [3.63, 3.8) is 0 Å². The fraction of sp³-hybridized carbons (Fsp3) is 0.533. The monoisotopic (exact) mass is 243 g/mol. The predicted octanol–water partition coefficient (Wildman–Crippen LogP) is 2.48. The van der Waals surface area contributed by atoms with Crippen LogP contribution in [0.1, 0.15) is 25.3 Å². The second kappa shape index (κ2) is 5.88. The highest BCUT2D eigenvalue weighted by atomic mass is 15.2. The maximum atomic E-state index is 8.95. The largest absolute Gasteiger partial charge is 0.371 e. The van der Waals surface area contributed by atoms with E-state index in [0.717, 1.165) is 17.8 Å². The second-order valence-electron chi connectivity index (χ2n) is 4.94. The van der Waals surface area contributed by atoms with Crippen LogP contribution in [-0.2, 0) is 0 Å². The van der Waals surface area contributed by atoms with Gasteiger partial charge in [0, 0.05) is 31.9 Å². The van der Waals surface area contributed by atoms with Gasteiger partial charge in [-0.15, -0.1) is 0 Å². The molecule has 1 heterocycles. The van der Waals surface area contributed by atoms with Gasteiger partial charge in [-0.25, -0.2) is 0 Å². The SMILES string of the molecule is CCN1CCC(N(C)c2cccc(C#N)c2)CC1. The molecule has 0 aliphatic carbocycles. The molecule has 3 nitrogen and oxygen atoms in total. The Kier molecular flexibility index (Phi) is 4.22. The molecule has 0 aromatic heterocycles. The smallest absolute Gasteiger partial charge is 0.0992 e. The zero-order chi connectivity index (χ0) is 13.0.